The Morgan fingerprint density at radius 1 is 1.04 bits per heavy atom. The lowest BCUT2D eigenvalue weighted by Gasteiger charge is -2.32. The molecule has 0 saturated carbocycles. The number of hydrogen-bond donors (Lipinski definition) is 2. The Hall–Kier alpha value is -2.89. The van der Waals surface area contributed by atoms with Gasteiger partial charge in [0.15, 0.2) is 0 Å². The van der Waals surface area contributed by atoms with Crippen LogP contribution in [0.3, 0.4) is 0 Å². The first-order valence-electron chi connectivity index (χ1n) is 9.16. The van der Waals surface area contributed by atoms with E-state index in [2.05, 4.69) is 22.5 Å². The molecule has 1 fully saturated rings. The molecule has 0 aromatic heterocycles. The molecule has 2 N–H and O–H groups in total. The number of amides is 2. The molecule has 0 spiro atoms. The summed E-state index contributed by atoms with van der Waals surface area (Å²) in [6.45, 7) is 5.67. The Bertz CT molecular complexity index is 828. The van der Waals surface area contributed by atoms with Crippen LogP contribution < -0.4 is 15.5 Å². The topological polar surface area (TPSA) is 61.4 Å². The fourth-order valence-electron chi connectivity index (χ4n) is 3.18. The van der Waals surface area contributed by atoms with E-state index >= 15 is 0 Å². The molecule has 0 radical (unpaired) electrons. The first-order chi connectivity index (χ1) is 12.9. The number of halogens is 1. The molecule has 27 heavy (non-hydrogen) atoms. The third kappa shape index (κ3) is 4.84. The molecular weight excluding hydrogens is 345 g/mol. The molecule has 1 saturated heterocycles. The first kappa shape index (κ1) is 18.9. The summed E-state index contributed by atoms with van der Waals surface area (Å²) in [5.74, 6) is -0.560. The van der Waals surface area contributed by atoms with E-state index in [-0.39, 0.29) is 17.2 Å². The quantitative estimate of drug-likeness (QED) is 0.846. The van der Waals surface area contributed by atoms with Gasteiger partial charge in [-0.15, -0.1) is 0 Å². The highest BCUT2D eigenvalue weighted by atomic mass is 19.1. The second-order valence-corrected chi connectivity index (χ2v) is 7.05. The molecule has 0 bridgehead atoms. The van der Waals surface area contributed by atoms with Gasteiger partial charge >= 0.3 is 0 Å². The molecular formula is C21H24FN3O2. The minimum Gasteiger partial charge on any atom is -0.372 e. The number of anilines is 3. The number of nitrogens with zero attached hydrogens (tertiary/aromatic N) is 1. The first-order valence-corrected chi connectivity index (χ1v) is 9.16. The third-order valence-electron chi connectivity index (χ3n) is 4.81. The number of benzene rings is 2. The van der Waals surface area contributed by atoms with Gasteiger partial charge in [-0.1, -0.05) is 6.92 Å². The van der Waals surface area contributed by atoms with Crippen molar-refractivity contribution in [3.8, 4) is 0 Å². The van der Waals surface area contributed by atoms with Crippen LogP contribution in [-0.4, -0.2) is 24.9 Å². The average molecular weight is 369 g/mol. The van der Waals surface area contributed by atoms with E-state index < -0.39 is 11.7 Å². The van der Waals surface area contributed by atoms with Crippen molar-refractivity contribution in [2.24, 2.45) is 5.92 Å². The molecule has 2 aromatic rings. The van der Waals surface area contributed by atoms with Gasteiger partial charge in [-0.05, 0) is 61.2 Å². The Kier molecular flexibility index (Phi) is 5.74. The number of hydrogen-bond acceptors (Lipinski definition) is 3. The van der Waals surface area contributed by atoms with Crippen molar-refractivity contribution >= 4 is 28.9 Å². The second kappa shape index (κ2) is 8.20. The van der Waals surface area contributed by atoms with Crippen LogP contribution in [-0.2, 0) is 4.79 Å². The van der Waals surface area contributed by atoms with Crippen LogP contribution in [0, 0.1) is 11.7 Å². The highest BCUT2D eigenvalue weighted by Crippen LogP contribution is 2.24. The van der Waals surface area contributed by atoms with E-state index in [9.17, 15) is 14.0 Å². The van der Waals surface area contributed by atoms with Gasteiger partial charge in [0.2, 0.25) is 5.91 Å². The van der Waals surface area contributed by atoms with E-state index in [1.165, 1.54) is 38.0 Å². The third-order valence-corrected chi connectivity index (χ3v) is 4.81. The summed E-state index contributed by atoms with van der Waals surface area (Å²) in [7, 11) is 0. The molecule has 1 heterocycles. The smallest absolute Gasteiger partial charge is 0.255 e. The summed E-state index contributed by atoms with van der Waals surface area (Å²) in [6.07, 6.45) is 2.39. The van der Waals surface area contributed by atoms with Crippen LogP contribution in [0.25, 0.3) is 0 Å². The number of piperidine rings is 1. The second-order valence-electron chi connectivity index (χ2n) is 7.05. The minimum absolute atomic E-state index is 0.00942. The van der Waals surface area contributed by atoms with E-state index in [0.717, 1.165) is 24.7 Å². The monoisotopic (exact) mass is 369 g/mol. The largest absolute Gasteiger partial charge is 0.372 e. The summed E-state index contributed by atoms with van der Waals surface area (Å²) >= 11 is 0. The van der Waals surface area contributed by atoms with Crippen LogP contribution in [0.1, 0.15) is 37.0 Å². The summed E-state index contributed by atoms with van der Waals surface area (Å²) in [5.41, 5.74) is 2.08. The normalized spacial score (nSPS) is 14.7. The van der Waals surface area contributed by atoms with Crippen LogP contribution in [0.2, 0.25) is 0 Å². The van der Waals surface area contributed by atoms with Crippen LogP contribution in [0.4, 0.5) is 21.5 Å². The van der Waals surface area contributed by atoms with E-state index in [1.807, 2.05) is 24.3 Å². The average Bonchev–Trinajstić information content (AvgIpc) is 2.64. The van der Waals surface area contributed by atoms with Gasteiger partial charge in [-0.25, -0.2) is 4.39 Å². The van der Waals surface area contributed by atoms with Crippen molar-refractivity contribution in [1.29, 1.82) is 0 Å². The molecule has 6 heteroatoms. The summed E-state index contributed by atoms with van der Waals surface area (Å²) in [4.78, 5) is 25.9. The fourth-order valence-corrected chi connectivity index (χ4v) is 3.18. The molecule has 142 valence electrons. The highest BCUT2D eigenvalue weighted by Gasteiger charge is 2.16. The predicted octanol–water partition coefficient (Wildman–Crippen LogP) is 4.27. The molecule has 1 aliphatic rings. The van der Waals surface area contributed by atoms with Crippen molar-refractivity contribution < 1.29 is 14.0 Å². The van der Waals surface area contributed by atoms with Crippen molar-refractivity contribution in [2.75, 3.05) is 28.6 Å². The predicted molar refractivity (Wildman–Crippen MR) is 106 cm³/mol. The molecule has 0 atom stereocenters. The van der Waals surface area contributed by atoms with Crippen LogP contribution in [0.15, 0.2) is 42.5 Å². The molecule has 0 unspecified atom stereocenters. The zero-order valence-electron chi connectivity index (χ0n) is 15.6. The van der Waals surface area contributed by atoms with Gasteiger partial charge in [-0.2, -0.15) is 0 Å². The molecule has 3 rings (SSSR count). The van der Waals surface area contributed by atoms with E-state index in [0.29, 0.717) is 5.69 Å². The van der Waals surface area contributed by atoms with Crippen LogP contribution >= 0.6 is 0 Å². The van der Waals surface area contributed by atoms with Crippen molar-refractivity contribution in [3.05, 3.63) is 53.8 Å². The van der Waals surface area contributed by atoms with Crippen molar-refractivity contribution in [3.63, 3.8) is 0 Å². The fraction of sp³-hybridized carbons (Fsp3) is 0.333. The maximum Gasteiger partial charge on any atom is 0.255 e. The summed E-state index contributed by atoms with van der Waals surface area (Å²) in [5, 5.41) is 5.18. The van der Waals surface area contributed by atoms with E-state index in [4.69, 9.17) is 0 Å². The lowest BCUT2D eigenvalue weighted by molar-refractivity contribution is -0.114. The van der Waals surface area contributed by atoms with E-state index in [1.54, 1.807) is 0 Å². The Morgan fingerprint density at radius 2 is 1.70 bits per heavy atom. The van der Waals surface area contributed by atoms with Gasteiger partial charge in [-0.3, -0.25) is 9.59 Å². The lowest BCUT2D eigenvalue weighted by Crippen LogP contribution is -2.32. The van der Waals surface area contributed by atoms with Gasteiger partial charge in [0, 0.05) is 37.0 Å². The molecule has 0 aliphatic carbocycles. The maximum absolute atomic E-state index is 13.7. The standard InChI is InChI=1S/C21H24FN3O2/c1-14-9-11-25(12-10-14)18-6-4-17(5-7-18)24-21(27)16-3-8-19(22)20(13-16)23-15(2)26/h3-8,13-14H,9-12H2,1-2H3,(H,23,26)(H,24,27). The van der Waals surface area contributed by atoms with Crippen molar-refractivity contribution in [1.82, 2.24) is 0 Å². The maximum atomic E-state index is 13.7. The highest BCUT2D eigenvalue weighted by molar-refractivity contribution is 6.05. The number of nitrogens with one attached hydrogen (secondary N) is 2. The minimum atomic E-state index is -0.582. The number of carbonyl (C=O) groups is 2. The molecule has 2 aromatic carbocycles. The lowest BCUT2D eigenvalue weighted by atomic mass is 9.99. The molecule has 5 nitrogen and oxygen atoms in total. The summed E-state index contributed by atoms with van der Waals surface area (Å²) in [6, 6.07) is 11.6. The van der Waals surface area contributed by atoms with Gasteiger partial charge in [0.05, 0.1) is 5.69 Å². The van der Waals surface area contributed by atoms with Gasteiger partial charge < -0.3 is 15.5 Å². The van der Waals surface area contributed by atoms with Crippen molar-refractivity contribution in [2.45, 2.75) is 26.7 Å². The van der Waals surface area contributed by atoms with Gasteiger partial charge in [0.25, 0.3) is 5.91 Å². The summed E-state index contributed by atoms with van der Waals surface area (Å²) < 4.78 is 13.7. The molecule has 2 amide bonds. The zero-order chi connectivity index (χ0) is 19.4. The number of rotatable bonds is 4. The van der Waals surface area contributed by atoms with Gasteiger partial charge in [0.1, 0.15) is 5.82 Å². The van der Waals surface area contributed by atoms with Crippen LogP contribution in [0.5, 0.6) is 0 Å². The SMILES string of the molecule is CC(=O)Nc1cc(C(=O)Nc2ccc(N3CCC(C)CC3)cc2)ccc1F. The molecule has 1 aliphatic heterocycles. The Balaban J connectivity index is 1.66. The zero-order valence-corrected chi connectivity index (χ0v) is 15.6. The Morgan fingerprint density at radius 3 is 2.33 bits per heavy atom. The Labute approximate surface area is 158 Å². The number of carbonyl (C=O) groups excluding carboxylic acids is 2.